The maximum atomic E-state index is 13.3. The minimum Gasteiger partial charge on any atom is -0.340 e. The molecule has 0 bridgehead atoms. The molecule has 33 heavy (non-hydrogen) atoms. The van der Waals surface area contributed by atoms with E-state index in [4.69, 9.17) is 0 Å². The summed E-state index contributed by atoms with van der Waals surface area (Å²) in [6.07, 6.45) is -0.104. The molecule has 1 heterocycles. The van der Waals surface area contributed by atoms with Crippen LogP contribution in [0, 0.1) is 6.92 Å². The summed E-state index contributed by atoms with van der Waals surface area (Å²) in [4.78, 5) is 28.0. The fourth-order valence-electron chi connectivity index (χ4n) is 3.98. The first kappa shape index (κ1) is 22.9. The molecule has 0 spiro atoms. The second-order valence-electron chi connectivity index (χ2n) is 8.28. The fraction of sp³-hybridized carbons (Fsp3) is 0.280. The average molecular weight is 466 g/mol. The highest BCUT2D eigenvalue weighted by Crippen LogP contribution is 2.26. The van der Waals surface area contributed by atoms with Crippen LogP contribution < -0.4 is 10.0 Å². The van der Waals surface area contributed by atoms with Gasteiger partial charge in [-0.05, 0) is 35.4 Å². The number of hydrogen-bond donors (Lipinski definition) is 2. The van der Waals surface area contributed by atoms with Gasteiger partial charge >= 0.3 is 0 Å². The maximum absolute atomic E-state index is 13.3. The molecule has 2 amide bonds. The number of fused-ring (bicyclic) bond motifs is 1. The third-order valence-corrected chi connectivity index (χ3v) is 7.27. The molecule has 1 aliphatic heterocycles. The van der Waals surface area contributed by atoms with Crippen molar-refractivity contribution in [2.75, 3.05) is 26.2 Å². The summed E-state index contributed by atoms with van der Waals surface area (Å²) < 4.78 is 27.9. The van der Waals surface area contributed by atoms with Crippen LogP contribution in [0.5, 0.6) is 0 Å². The molecule has 8 heteroatoms. The van der Waals surface area contributed by atoms with E-state index >= 15 is 0 Å². The van der Waals surface area contributed by atoms with Gasteiger partial charge in [0, 0.05) is 32.6 Å². The standard InChI is InChI=1S/C25H27N3O4S/c1-18-6-10-22(11-7-18)33(31,32)27-25(30)23(17-24(29)28-14-12-26-13-15-28)21-9-8-19-4-2-3-5-20(19)16-21/h2-11,16,23,26H,12-15,17H2,1H3,(H,27,30). The first-order valence-corrected chi connectivity index (χ1v) is 12.4. The van der Waals surface area contributed by atoms with E-state index in [9.17, 15) is 18.0 Å². The van der Waals surface area contributed by atoms with Crippen molar-refractivity contribution in [1.29, 1.82) is 0 Å². The molecular formula is C25H27N3O4S. The van der Waals surface area contributed by atoms with Crippen molar-refractivity contribution in [1.82, 2.24) is 14.9 Å². The Morgan fingerprint density at radius 2 is 1.64 bits per heavy atom. The lowest BCUT2D eigenvalue weighted by Gasteiger charge is -2.29. The highest BCUT2D eigenvalue weighted by atomic mass is 32.2. The zero-order chi connectivity index (χ0) is 23.4. The molecule has 1 saturated heterocycles. The Balaban J connectivity index is 1.63. The zero-order valence-corrected chi connectivity index (χ0v) is 19.3. The number of rotatable bonds is 6. The number of benzene rings is 3. The van der Waals surface area contributed by atoms with E-state index in [0.29, 0.717) is 31.7 Å². The molecular weight excluding hydrogens is 438 g/mol. The minimum absolute atomic E-state index is 0.00661. The molecule has 3 aromatic carbocycles. The van der Waals surface area contributed by atoms with Crippen molar-refractivity contribution in [3.05, 3.63) is 77.9 Å². The molecule has 0 aliphatic carbocycles. The van der Waals surface area contributed by atoms with Crippen LogP contribution >= 0.6 is 0 Å². The molecule has 0 aromatic heterocycles. The zero-order valence-electron chi connectivity index (χ0n) is 18.5. The van der Waals surface area contributed by atoms with Crippen molar-refractivity contribution in [2.45, 2.75) is 24.2 Å². The normalized spacial score (nSPS) is 15.2. The number of aryl methyl sites for hydroxylation is 1. The van der Waals surface area contributed by atoms with Gasteiger partial charge in [-0.1, -0.05) is 60.2 Å². The first-order valence-electron chi connectivity index (χ1n) is 10.9. The summed E-state index contributed by atoms with van der Waals surface area (Å²) in [6, 6.07) is 19.5. The van der Waals surface area contributed by atoms with Gasteiger partial charge in [0.1, 0.15) is 0 Å². The number of carbonyl (C=O) groups is 2. The second kappa shape index (κ2) is 9.72. The molecule has 2 N–H and O–H groups in total. The Bertz CT molecular complexity index is 1270. The number of nitrogens with zero attached hydrogens (tertiary/aromatic N) is 1. The van der Waals surface area contributed by atoms with Gasteiger partial charge in [-0.2, -0.15) is 0 Å². The molecule has 1 unspecified atom stereocenters. The monoisotopic (exact) mass is 465 g/mol. The van der Waals surface area contributed by atoms with Crippen LogP contribution in [-0.2, 0) is 19.6 Å². The van der Waals surface area contributed by atoms with Gasteiger partial charge in [0.15, 0.2) is 0 Å². The van der Waals surface area contributed by atoms with Crippen LogP contribution in [0.1, 0.15) is 23.5 Å². The largest absolute Gasteiger partial charge is 0.340 e. The third-order valence-electron chi connectivity index (χ3n) is 5.91. The number of carbonyl (C=O) groups excluding carboxylic acids is 2. The van der Waals surface area contributed by atoms with Crippen LogP contribution in [0.15, 0.2) is 71.6 Å². The number of amides is 2. The summed E-state index contributed by atoms with van der Waals surface area (Å²) in [7, 11) is -4.07. The smallest absolute Gasteiger partial charge is 0.264 e. The second-order valence-corrected chi connectivity index (χ2v) is 9.96. The molecule has 4 rings (SSSR count). The highest BCUT2D eigenvalue weighted by Gasteiger charge is 2.30. The summed E-state index contributed by atoms with van der Waals surface area (Å²) >= 11 is 0. The van der Waals surface area contributed by atoms with Gasteiger partial charge in [-0.3, -0.25) is 9.59 Å². The molecule has 1 fully saturated rings. The van der Waals surface area contributed by atoms with Gasteiger partial charge in [0.05, 0.1) is 10.8 Å². The maximum Gasteiger partial charge on any atom is 0.264 e. The van der Waals surface area contributed by atoms with Crippen LogP contribution in [0.2, 0.25) is 0 Å². The lowest BCUT2D eigenvalue weighted by molar-refractivity contribution is -0.134. The SMILES string of the molecule is Cc1ccc(S(=O)(=O)NC(=O)C(CC(=O)N2CCNCC2)c2ccc3ccccc3c2)cc1. The third kappa shape index (κ3) is 5.40. The predicted molar refractivity (Wildman–Crippen MR) is 127 cm³/mol. The average Bonchev–Trinajstić information content (AvgIpc) is 2.82. The Morgan fingerprint density at radius 1 is 0.970 bits per heavy atom. The number of piperazine rings is 1. The quantitative estimate of drug-likeness (QED) is 0.583. The van der Waals surface area contributed by atoms with Crippen molar-refractivity contribution in [3.63, 3.8) is 0 Å². The lowest BCUT2D eigenvalue weighted by Crippen LogP contribution is -2.47. The van der Waals surface area contributed by atoms with Gasteiger partial charge in [0.2, 0.25) is 11.8 Å². The van der Waals surface area contributed by atoms with Gasteiger partial charge in [0.25, 0.3) is 10.0 Å². The van der Waals surface area contributed by atoms with Crippen LogP contribution in [-0.4, -0.2) is 51.3 Å². The van der Waals surface area contributed by atoms with E-state index in [1.54, 1.807) is 23.1 Å². The summed E-state index contributed by atoms with van der Waals surface area (Å²) in [6.45, 7) is 4.37. The molecule has 1 aliphatic rings. The van der Waals surface area contributed by atoms with Crippen molar-refractivity contribution in [2.24, 2.45) is 0 Å². The van der Waals surface area contributed by atoms with E-state index in [1.165, 1.54) is 12.1 Å². The summed E-state index contributed by atoms with van der Waals surface area (Å²) in [5.74, 6) is -1.82. The summed E-state index contributed by atoms with van der Waals surface area (Å²) in [5.41, 5.74) is 1.52. The van der Waals surface area contributed by atoms with E-state index in [0.717, 1.165) is 16.3 Å². The van der Waals surface area contributed by atoms with E-state index in [2.05, 4.69) is 10.0 Å². The minimum atomic E-state index is -4.07. The molecule has 172 valence electrons. The molecule has 7 nitrogen and oxygen atoms in total. The van der Waals surface area contributed by atoms with Crippen LogP contribution in [0.25, 0.3) is 10.8 Å². The Morgan fingerprint density at radius 3 is 2.33 bits per heavy atom. The Labute approximate surface area is 193 Å². The fourth-order valence-corrected chi connectivity index (χ4v) is 5.00. The molecule has 1 atom stereocenters. The number of nitrogens with one attached hydrogen (secondary N) is 2. The lowest BCUT2D eigenvalue weighted by atomic mass is 9.92. The van der Waals surface area contributed by atoms with Gasteiger partial charge in [-0.25, -0.2) is 13.1 Å². The highest BCUT2D eigenvalue weighted by molar-refractivity contribution is 7.90. The van der Waals surface area contributed by atoms with Crippen LogP contribution in [0.4, 0.5) is 0 Å². The van der Waals surface area contributed by atoms with Gasteiger partial charge < -0.3 is 10.2 Å². The van der Waals surface area contributed by atoms with Crippen LogP contribution in [0.3, 0.4) is 0 Å². The number of sulfonamides is 1. The van der Waals surface area contributed by atoms with E-state index in [-0.39, 0.29) is 17.2 Å². The summed E-state index contributed by atoms with van der Waals surface area (Å²) in [5, 5.41) is 5.12. The molecule has 3 aromatic rings. The van der Waals surface area contributed by atoms with Crippen molar-refractivity contribution < 1.29 is 18.0 Å². The van der Waals surface area contributed by atoms with E-state index in [1.807, 2.05) is 43.3 Å². The number of hydrogen-bond acceptors (Lipinski definition) is 5. The molecule has 0 radical (unpaired) electrons. The van der Waals surface area contributed by atoms with E-state index < -0.39 is 21.8 Å². The van der Waals surface area contributed by atoms with Crippen molar-refractivity contribution >= 4 is 32.6 Å². The topological polar surface area (TPSA) is 95.6 Å². The predicted octanol–water partition coefficient (Wildman–Crippen LogP) is 2.56. The first-order chi connectivity index (χ1) is 15.8. The van der Waals surface area contributed by atoms with Crippen molar-refractivity contribution in [3.8, 4) is 0 Å². The Hall–Kier alpha value is -3.23. The Kier molecular flexibility index (Phi) is 6.76. The molecule has 0 saturated carbocycles. The van der Waals surface area contributed by atoms with Gasteiger partial charge in [-0.15, -0.1) is 0 Å².